The van der Waals surface area contributed by atoms with E-state index in [0.717, 1.165) is 50.8 Å². The largest absolute Gasteiger partial charge is 0.361 e. The SMILES string of the molecule is CC(=O)C1(NC(=O)[C@H](Cc2ccccc2)NC(=O)[C@@H](Cc2c[nH]c3ccccc23)NC(=O)[C@@H](Cc2csc3ccccc23)NC(=O)C2CCNCC2)CCNCC1. The number of aromatic nitrogens is 1. The highest BCUT2D eigenvalue weighted by Gasteiger charge is 2.40. The highest BCUT2D eigenvalue weighted by Crippen LogP contribution is 2.27. The summed E-state index contributed by atoms with van der Waals surface area (Å²) in [5.41, 5.74) is 2.38. The molecule has 0 bridgehead atoms. The topological polar surface area (TPSA) is 173 Å². The molecule has 57 heavy (non-hydrogen) atoms. The number of thiophene rings is 1. The van der Waals surface area contributed by atoms with Crippen LogP contribution in [0.15, 0.2) is 90.4 Å². The summed E-state index contributed by atoms with van der Waals surface area (Å²) in [7, 11) is 0. The highest BCUT2D eigenvalue weighted by molar-refractivity contribution is 7.17. The maximum Gasteiger partial charge on any atom is 0.243 e. The fourth-order valence-corrected chi connectivity index (χ4v) is 9.04. The summed E-state index contributed by atoms with van der Waals surface area (Å²) in [6, 6.07) is 21.9. The number of hydrogen-bond acceptors (Lipinski definition) is 8. The van der Waals surface area contributed by atoms with Gasteiger partial charge in [-0.3, -0.25) is 24.0 Å². The average molecular weight is 790 g/mol. The van der Waals surface area contributed by atoms with Crippen LogP contribution in [0.1, 0.15) is 49.3 Å². The van der Waals surface area contributed by atoms with Crippen molar-refractivity contribution in [2.75, 3.05) is 26.2 Å². The van der Waals surface area contributed by atoms with E-state index in [-0.39, 0.29) is 36.9 Å². The van der Waals surface area contributed by atoms with Gasteiger partial charge in [-0.25, -0.2) is 0 Å². The molecule has 0 radical (unpaired) electrons. The number of nitrogens with one attached hydrogen (secondary N) is 7. The number of carbonyl (C=O) groups excluding carboxylic acids is 5. The van der Waals surface area contributed by atoms with Gasteiger partial charge in [0.15, 0.2) is 5.78 Å². The van der Waals surface area contributed by atoms with Gasteiger partial charge in [0.25, 0.3) is 0 Å². The van der Waals surface area contributed by atoms with Crippen LogP contribution in [0.2, 0.25) is 0 Å². The molecule has 0 aliphatic carbocycles. The number of H-pyrrole nitrogens is 1. The van der Waals surface area contributed by atoms with E-state index in [1.165, 1.54) is 6.92 Å². The molecule has 0 saturated carbocycles. The van der Waals surface area contributed by atoms with Crippen LogP contribution in [0.4, 0.5) is 0 Å². The molecule has 5 aromatic rings. The number of piperidine rings is 2. The van der Waals surface area contributed by atoms with Crippen LogP contribution in [0, 0.1) is 5.92 Å². The second-order valence-electron chi connectivity index (χ2n) is 15.3. The molecule has 3 atom stereocenters. The summed E-state index contributed by atoms with van der Waals surface area (Å²) in [5.74, 6) is -2.09. The lowest BCUT2D eigenvalue weighted by Gasteiger charge is -2.37. The van der Waals surface area contributed by atoms with E-state index < -0.39 is 41.4 Å². The Morgan fingerprint density at radius 2 is 1.28 bits per heavy atom. The molecule has 7 rings (SSSR count). The maximum absolute atomic E-state index is 14.7. The molecule has 2 saturated heterocycles. The third kappa shape index (κ3) is 9.61. The Morgan fingerprint density at radius 1 is 0.684 bits per heavy atom. The number of aromatic amines is 1. The molecule has 0 spiro atoms. The summed E-state index contributed by atoms with van der Waals surface area (Å²) in [4.78, 5) is 73.4. The van der Waals surface area contributed by atoms with Gasteiger partial charge in [-0.05, 0) is 98.4 Å². The molecule has 4 amide bonds. The van der Waals surface area contributed by atoms with E-state index >= 15 is 0 Å². The van der Waals surface area contributed by atoms with Gasteiger partial charge in [0.05, 0.1) is 0 Å². The van der Waals surface area contributed by atoms with Gasteiger partial charge in [-0.2, -0.15) is 0 Å². The second kappa shape index (κ2) is 18.3. The zero-order valence-corrected chi connectivity index (χ0v) is 33.0. The smallest absolute Gasteiger partial charge is 0.243 e. The lowest BCUT2D eigenvalue weighted by Crippen LogP contribution is -2.63. The highest BCUT2D eigenvalue weighted by atomic mass is 32.1. The first-order chi connectivity index (χ1) is 27.7. The van der Waals surface area contributed by atoms with Crippen LogP contribution in [-0.4, -0.2) is 84.2 Å². The Kier molecular flexibility index (Phi) is 12.8. The Balaban J connectivity index is 1.19. The van der Waals surface area contributed by atoms with E-state index in [1.54, 1.807) is 11.3 Å². The van der Waals surface area contributed by atoms with Gasteiger partial charge >= 0.3 is 0 Å². The number of amides is 4. The van der Waals surface area contributed by atoms with Crippen LogP contribution >= 0.6 is 11.3 Å². The zero-order valence-electron chi connectivity index (χ0n) is 32.2. The molecule has 2 aliphatic heterocycles. The van der Waals surface area contributed by atoms with Crippen molar-refractivity contribution in [1.82, 2.24) is 36.9 Å². The fourth-order valence-electron chi connectivity index (χ4n) is 8.07. The summed E-state index contributed by atoms with van der Waals surface area (Å²) < 4.78 is 1.08. The minimum atomic E-state index is -1.12. The van der Waals surface area contributed by atoms with Crippen molar-refractivity contribution in [2.24, 2.45) is 5.92 Å². The molecule has 12 nitrogen and oxygen atoms in total. The lowest BCUT2D eigenvalue weighted by atomic mass is 9.84. The van der Waals surface area contributed by atoms with Crippen molar-refractivity contribution in [1.29, 1.82) is 0 Å². The molecule has 4 heterocycles. The van der Waals surface area contributed by atoms with Gasteiger partial charge in [0.2, 0.25) is 23.6 Å². The Bertz CT molecular complexity index is 2210. The molecular formula is C44H51N7O5S. The van der Waals surface area contributed by atoms with E-state index in [9.17, 15) is 24.0 Å². The number of fused-ring (bicyclic) bond motifs is 2. The van der Waals surface area contributed by atoms with Crippen LogP contribution in [-0.2, 0) is 43.2 Å². The first-order valence-corrected chi connectivity index (χ1v) is 20.8. The Morgan fingerprint density at radius 3 is 2.00 bits per heavy atom. The molecule has 2 aliphatic rings. The normalized spacial score (nSPS) is 17.3. The third-order valence-electron chi connectivity index (χ3n) is 11.5. The molecule has 2 fully saturated rings. The average Bonchev–Trinajstić information content (AvgIpc) is 3.84. The predicted molar refractivity (Wildman–Crippen MR) is 223 cm³/mol. The van der Waals surface area contributed by atoms with Gasteiger partial charge in [0, 0.05) is 47.0 Å². The minimum absolute atomic E-state index is 0.112. The number of Topliss-reactive ketones (excluding diaryl/α,β-unsaturated/α-hetero) is 1. The minimum Gasteiger partial charge on any atom is -0.361 e. The molecular weight excluding hydrogens is 739 g/mol. The first kappa shape index (κ1) is 39.8. The maximum atomic E-state index is 14.7. The van der Waals surface area contributed by atoms with Gasteiger partial charge in [-0.1, -0.05) is 66.7 Å². The predicted octanol–water partition coefficient (Wildman–Crippen LogP) is 3.69. The third-order valence-corrected chi connectivity index (χ3v) is 12.5. The second-order valence-corrected chi connectivity index (χ2v) is 16.2. The molecule has 2 aromatic heterocycles. The molecule has 298 valence electrons. The van der Waals surface area contributed by atoms with E-state index in [4.69, 9.17) is 0 Å². The van der Waals surface area contributed by atoms with E-state index in [1.807, 2.05) is 90.4 Å². The van der Waals surface area contributed by atoms with Crippen molar-refractivity contribution in [3.8, 4) is 0 Å². The molecule has 0 unspecified atom stereocenters. The van der Waals surface area contributed by atoms with Crippen molar-refractivity contribution in [3.05, 3.63) is 107 Å². The van der Waals surface area contributed by atoms with E-state index in [0.29, 0.717) is 38.8 Å². The number of benzene rings is 3. The number of carbonyl (C=O) groups is 5. The van der Waals surface area contributed by atoms with Gasteiger partial charge in [0.1, 0.15) is 23.7 Å². The Labute approximate surface area is 336 Å². The number of ketones is 1. The zero-order chi connectivity index (χ0) is 39.8. The van der Waals surface area contributed by atoms with Crippen LogP contribution in [0.5, 0.6) is 0 Å². The van der Waals surface area contributed by atoms with Crippen molar-refractivity contribution >= 4 is 61.7 Å². The number of rotatable bonds is 15. The van der Waals surface area contributed by atoms with Crippen LogP contribution in [0.25, 0.3) is 21.0 Å². The monoisotopic (exact) mass is 789 g/mol. The van der Waals surface area contributed by atoms with Gasteiger partial charge in [-0.15, -0.1) is 11.3 Å². The van der Waals surface area contributed by atoms with Crippen molar-refractivity contribution in [2.45, 2.75) is 75.5 Å². The summed E-state index contributed by atoms with van der Waals surface area (Å²) >= 11 is 1.58. The molecule has 13 heteroatoms. The number of para-hydroxylation sites is 1. The van der Waals surface area contributed by atoms with Crippen LogP contribution in [0.3, 0.4) is 0 Å². The summed E-state index contributed by atoms with van der Waals surface area (Å²) in [6.07, 6.45) is 4.53. The molecule has 7 N–H and O–H groups in total. The number of hydrogen-bond donors (Lipinski definition) is 7. The fraction of sp³-hybridized carbons (Fsp3) is 0.386. The summed E-state index contributed by atoms with van der Waals surface area (Å²) in [5, 5.41) is 22.6. The van der Waals surface area contributed by atoms with Crippen LogP contribution < -0.4 is 31.9 Å². The lowest BCUT2D eigenvalue weighted by molar-refractivity contribution is -0.136. The van der Waals surface area contributed by atoms with Crippen molar-refractivity contribution in [3.63, 3.8) is 0 Å². The Hall–Kier alpha value is -5.37. The van der Waals surface area contributed by atoms with Gasteiger partial charge < -0.3 is 36.9 Å². The first-order valence-electron chi connectivity index (χ1n) is 19.9. The quantitative estimate of drug-likeness (QED) is 0.0848. The molecule has 3 aromatic carbocycles. The van der Waals surface area contributed by atoms with Crippen molar-refractivity contribution < 1.29 is 24.0 Å². The standard InChI is InChI=1S/C44H51N7O5S/c1-28(52)44(17-21-46-22-18-44)51-43(56)36(23-29-9-3-2-4-10-29)49-41(54)37(24-31-26-47-35-13-7-5-11-33(31)35)50-42(55)38(48-40(53)30-15-19-45-20-16-30)25-32-27-57-39-14-8-6-12-34(32)39/h2-14,26-27,30,36-38,45-47H,15-25H2,1H3,(H,48,53)(H,49,54)(H,50,55)(H,51,56)/t36-,37+,38+/m0/s1. The van der Waals surface area contributed by atoms with E-state index in [2.05, 4.69) is 36.9 Å². The summed E-state index contributed by atoms with van der Waals surface area (Å²) in [6.45, 7) is 4.08.